The molecule has 0 spiro atoms. The molecular weight excluding hydrogens is 431 g/mol. The molecule has 0 radical (unpaired) electrons. The third-order valence-corrected chi connectivity index (χ3v) is 4.57. The van der Waals surface area contributed by atoms with Crippen molar-refractivity contribution in [2.24, 2.45) is 0 Å². The van der Waals surface area contributed by atoms with Gasteiger partial charge in [0.1, 0.15) is 6.04 Å². The van der Waals surface area contributed by atoms with Crippen LogP contribution in [-0.2, 0) is 11.2 Å². The van der Waals surface area contributed by atoms with Gasteiger partial charge in [0, 0.05) is 21.6 Å². The van der Waals surface area contributed by atoms with Crippen molar-refractivity contribution < 1.29 is 14.7 Å². The van der Waals surface area contributed by atoms with E-state index in [1.54, 1.807) is 18.3 Å². The number of rotatable bonds is 5. The quantitative estimate of drug-likeness (QED) is 0.590. The Morgan fingerprint density at radius 1 is 1.08 bits per heavy atom. The molecule has 1 aromatic heterocycles. The van der Waals surface area contributed by atoms with Crippen LogP contribution in [0, 0.1) is 3.57 Å². The minimum Gasteiger partial charge on any atom is -0.480 e. The zero-order chi connectivity index (χ0) is 17.8. The van der Waals surface area contributed by atoms with Crippen molar-refractivity contribution in [1.82, 2.24) is 10.3 Å². The Morgan fingerprint density at radius 2 is 1.80 bits per heavy atom. The average Bonchev–Trinajstić information content (AvgIpc) is 2.62. The van der Waals surface area contributed by atoms with Gasteiger partial charge in [-0.3, -0.25) is 9.78 Å². The number of benzene rings is 2. The normalized spacial score (nSPS) is 11.9. The molecule has 1 amide bonds. The van der Waals surface area contributed by atoms with Gasteiger partial charge >= 0.3 is 5.97 Å². The van der Waals surface area contributed by atoms with Crippen molar-refractivity contribution >= 4 is 45.4 Å². The van der Waals surface area contributed by atoms with E-state index < -0.39 is 17.9 Å². The zero-order valence-electron chi connectivity index (χ0n) is 13.1. The van der Waals surface area contributed by atoms with Gasteiger partial charge in [-0.1, -0.05) is 30.3 Å². The van der Waals surface area contributed by atoms with E-state index in [0.717, 1.165) is 9.13 Å². The Morgan fingerprint density at radius 3 is 2.52 bits per heavy atom. The number of pyridine rings is 1. The molecule has 0 saturated carbocycles. The summed E-state index contributed by atoms with van der Waals surface area (Å²) in [5.74, 6) is -1.48. The van der Waals surface area contributed by atoms with E-state index in [2.05, 4.69) is 32.9 Å². The lowest BCUT2D eigenvalue weighted by molar-refractivity contribution is -0.139. The second-order valence-electron chi connectivity index (χ2n) is 5.57. The number of aromatic nitrogens is 1. The maximum absolute atomic E-state index is 12.6. The molecule has 0 aliphatic rings. The Kier molecular flexibility index (Phi) is 5.28. The third kappa shape index (κ3) is 4.14. The summed E-state index contributed by atoms with van der Waals surface area (Å²) >= 11 is 2.19. The van der Waals surface area contributed by atoms with Crippen LogP contribution in [0.2, 0.25) is 0 Å². The van der Waals surface area contributed by atoms with Crippen molar-refractivity contribution in [3.8, 4) is 0 Å². The lowest BCUT2D eigenvalue weighted by Gasteiger charge is -2.15. The number of para-hydroxylation sites is 1. The highest BCUT2D eigenvalue weighted by Gasteiger charge is 2.22. The molecule has 3 aromatic rings. The molecule has 1 atom stereocenters. The minimum absolute atomic E-state index is 0.223. The van der Waals surface area contributed by atoms with Crippen molar-refractivity contribution in [3.63, 3.8) is 0 Å². The number of carbonyl (C=O) groups excluding carboxylic acids is 1. The largest absolute Gasteiger partial charge is 0.480 e. The molecule has 0 fully saturated rings. The molecule has 0 aliphatic carbocycles. The summed E-state index contributed by atoms with van der Waals surface area (Å²) in [6, 6.07) is 15.4. The van der Waals surface area contributed by atoms with Gasteiger partial charge < -0.3 is 10.4 Å². The van der Waals surface area contributed by atoms with E-state index in [1.807, 2.05) is 42.5 Å². The summed E-state index contributed by atoms with van der Waals surface area (Å²) in [7, 11) is 0. The second kappa shape index (κ2) is 7.60. The van der Waals surface area contributed by atoms with Gasteiger partial charge in [0.2, 0.25) is 0 Å². The van der Waals surface area contributed by atoms with Crippen LogP contribution in [0.25, 0.3) is 10.9 Å². The molecular formula is C19H15IN2O3. The number of nitrogens with zero attached hydrogens (tertiary/aromatic N) is 1. The fourth-order valence-corrected chi connectivity index (χ4v) is 2.95. The smallest absolute Gasteiger partial charge is 0.326 e. The molecule has 3 rings (SSSR count). The van der Waals surface area contributed by atoms with E-state index in [0.29, 0.717) is 16.5 Å². The van der Waals surface area contributed by atoms with E-state index in [9.17, 15) is 14.7 Å². The van der Waals surface area contributed by atoms with Crippen LogP contribution in [0.3, 0.4) is 0 Å². The molecule has 1 heterocycles. The van der Waals surface area contributed by atoms with Crippen LogP contribution in [-0.4, -0.2) is 28.0 Å². The monoisotopic (exact) mass is 446 g/mol. The standard InChI is InChI=1S/C19H15IN2O3/c20-13-7-5-12(6-8-13)11-17(19(24)25)22-18(23)15-9-10-21-16-4-2-1-3-14(15)16/h1-10,17H,11H2,(H,22,23)(H,24,25)/t17-/m0/s1. The van der Waals surface area contributed by atoms with E-state index >= 15 is 0 Å². The zero-order valence-corrected chi connectivity index (χ0v) is 15.3. The molecule has 2 N–H and O–H groups in total. The van der Waals surface area contributed by atoms with E-state index in [4.69, 9.17) is 0 Å². The van der Waals surface area contributed by atoms with Crippen LogP contribution >= 0.6 is 22.6 Å². The van der Waals surface area contributed by atoms with Crippen LogP contribution < -0.4 is 5.32 Å². The van der Waals surface area contributed by atoms with Crippen LogP contribution in [0.5, 0.6) is 0 Å². The first kappa shape index (κ1) is 17.3. The highest BCUT2D eigenvalue weighted by Crippen LogP contribution is 2.16. The van der Waals surface area contributed by atoms with Crippen molar-refractivity contribution in [2.75, 3.05) is 0 Å². The Bertz CT molecular complexity index is 920. The number of fused-ring (bicyclic) bond motifs is 1. The molecule has 2 aromatic carbocycles. The summed E-state index contributed by atoms with van der Waals surface area (Å²) in [4.78, 5) is 28.4. The number of hydrogen-bond donors (Lipinski definition) is 2. The molecule has 6 heteroatoms. The van der Waals surface area contributed by atoms with Gasteiger partial charge in [0.05, 0.1) is 11.1 Å². The lowest BCUT2D eigenvalue weighted by atomic mass is 10.0. The number of carboxylic acids is 1. The van der Waals surface area contributed by atoms with Crippen LogP contribution in [0.1, 0.15) is 15.9 Å². The summed E-state index contributed by atoms with van der Waals surface area (Å²) in [6.45, 7) is 0. The highest BCUT2D eigenvalue weighted by atomic mass is 127. The van der Waals surface area contributed by atoms with Gasteiger partial charge in [0.15, 0.2) is 0 Å². The van der Waals surface area contributed by atoms with Gasteiger partial charge in [-0.2, -0.15) is 0 Å². The summed E-state index contributed by atoms with van der Waals surface area (Å²) < 4.78 is 1.07. The van der Waals surface area contributed by atoms with Gasteiger partial charge in [-0.15, -0.1) is 0 Å². The van der Waals surface area contributed by atoms with Crippen molar-refractivity contribution in [1.29, 1.82) is 0 Å². The van der Waals surface area contributed by atoms with Gasteiger partial charge in [0.25, 0.3) is 5.91 Å². The Balaban J connectivity index is 1.83. The first-order valence-electron chi connectivity index (χ1n) is 7.66. The summed E-state index contributed by atoms with van der Waals surface area (Å²) in [6.07, 6.45) is 1.77. The fourth-order valence-electron chi connectivity index (χ4n) is 2.59. The van der Waals surface area contributed by atoms with E-state index in [-0.39, 0.29) is 6.42 Å². The number of carbonyl (C=O) groups is 2. The van der Waals surface area contributed by atoms with Gasteiger partial charge in [-0.05, 0) is 52.4 Å². The molecule has 0 bridgehead atoms. The molecule has 25 heavy (non-hydrogen) atoms. The summed E-state index contributed by atoms with van der Waals surface area (Å²) in [5.41, 5.74) is 1.96. The number of aliphatic carboxylic acids is 1. The Hall–Kier alpha value is -2.48. The minimum atomic E-state index is -1.06. The maximum Gasteiger partial charge on any atom is 0.326 e. The first-order chi connectivity index (χ1) is 12.0. The van der Waals surface area contributed by atoms with Gasteiger partial charge in [-0.25, -0.2) is 4.79 Å². The predicted octanol–water partition coefficient (Wildman–Crippen LogP) is 3.27. The lowest BCUT2D eigenvalue weighted by Crippen LogP contribution is -2.42. The fraction of sp³-hybridized carbons (Fsp3) is 0.105. The topological polar surface area (TPSA) is 79.3 Å². The molecule has 0 aliphatic heterocycles. The van der Waals surface area contributed by atoms with Crippen LogP contribution in [0.4, 0.5) is 0 Å². The number of halogens is 1. The van der Waals surface area contributed by atoms with Crippen molar-refractivity contribution in [3.05, 3.63) is 75.5 Å². The summed E-state index contributed by atoms with van der Waals surface area (Å²) in [5, 5.41) is 12.8. The number of hydrogen-bond acceptors (Lipinski definition) is 3. The first-order valence-corrected chi connectivity index (χ1v) is 8.74. The number of nitrogens with one attached hydrogen (secondary N) is 1. The predicted molar refractivity (Wildman–Crippen MR) is 103 cm³/mol. The highest BCUT2D eigenvalue weighted by molar-refractivity contribution is 14.1. The van der Waals surface area contributed by atoms with Crippen molar-refractivity contribution in [2.45, 2.75) is 12.5 Å². The van der Waals surface area contributed by atoms with Crippen LogP contribution in [0.15, 0.2) is 60.8 Å². The number of amides is 1. The maximum atomic E-state index is 12.6. The Labute approximate surface area is 158 Å². The molecule has 0 saturated heterocycles. The molecule has 126 valence electrons. The van der Waals surface area contributed by atoms with E-state index in [1.165, 1.54) is 0 Å². The second-order valence-corrected chi connectivity index (χ2v) is 6.82. The molecule has 0 unspecified atom stereocenters. The third-order valence-electron chi connectivity index (χ3n) is 3.85. The number of carboxylic acid groups (broad SMARTS) is 1. The SMILES string of the molecule is O=C(N[C@@H](Cc1ccc(I)cc1)C(=O)O)c1ccnc2ccccc12. The molecule has 5 nitrogen and oxygen atoms in total. The average molecular weight is 446 g/mol.